The number of guanidine groups is 1. The molecule has 1 atom stereocenters. The number of hydrogen-bond acceptors (Lipinski definition) is 6. The zero-order valence-corrected chi connectivity index (χ0v) is 15.7. The number of rotatable bonds is 11. The van der Waals surface area contributed by atoms with Crippen molar-refractivity contribution in [1.82, 2.24) is 20.6 Å². The Morgan fingerprint density at radius 2 is 1.96 bits per heavy atom. The van der Waals surface area contributed by atoms with Crippen LogP contribution in [-0.2, 0) is 4.79 Å². The van der Waals surface area contributed by atoms with E-state index in [9.17, 15) is 4.79 Å². The van der Waals surface area contributed by atoms with Gasteiger partial charge in [0.2, 0.25) is 0 Å². The highest BCUT2D eigenvalue weighted by molar-refractivity contribution is 5.80. The first-order valence-electron chi connectivity index (χ1n) is 9.67. The van der Waals surface area contributed by atoms with Crippen molar-refractivity contribution in [3.63, 3.8) is 0 Å². The summed E-state index contributed by atoms with van der Waals surface area (Å²) >= 11 is 0. The predicted octanol–water partition coefficient (Wildman–Crippen LogP) is 2.62. The van der Waals surface area contributed by atoms with E-state index in [1.54, 1.807) is 12.4 Å². The van der Waals surface area contributed by atoms with Crippen molar-refractivity contribution in [2.24, 2.45) is 4.99 Å². The first-order chi connectivity index (χ1) is 12.6. The molecule has 0 amide bonds. The molecule has 0 spiro atoms. The van der Waals surface area contributed by atoms with Gasteiger partial charge in [-0.3, -0.25) is 9.79 Å². The lowest BCUT2D eigenvalue weighted by molar-refractivity contribution is -0.137. The van der Waals surface area contributed by atoms with Gasteiger partial charge in [0.1, 0.15) is 5.82 Å². The van der Waals surface area contributed by atoms with Gasteiger partial charge in [0.05, 0.1) is 6.42 Å². The van der Waals surface area contributed by atoms with Crippen molar-refractivity contribution in [3.05, 3.63) is 23.8 Å². The van der Waals surface area contributed by atoms with Gasteiger partial charge in [-0.05, 0) is 37.7 Å². The van der Waals surface area contributed by atoms with Crippen LogP contribution in [0.2, 0.25) is 0 Å². The smallest absolute Gasteiger partial charge is 0.303 e. The number of aryl methyl sites for hydroxylation is 1. The zero-order valence-electron chi connectivity index (χ0n) is 15.7. The molecule has 1 unspecified atom stereocenters. The maximum Gasteiger partial charge on any atom is 0.303 e. The van der Waals surface area contributed by atoms with Crippen LogP contribution in [0.4, 0.5) is 0 Å². The summed E-state index contributed by atoms with van der Waals surface area (Å²) in [5.74, 6) is 0.893. The van der Waals surface area contributed by atoms with Crippen molar-refractivity contribution in [3.8, 4) is 0 Å². The van der Waals surface area contributed by atoms with Gasteiger partial charge in [-0.1, -0.05) is 25.7 Å². The predicted molar refractivity (Wildman–Crippen MR) is 102 cm³/mol. The second-order valence-corrected chi connectivity index (χ2v) is 6.85. The van der Waals surface area contributed by atoms with E-state index in [2.05, 4.69) is 25.6 Å². The fourth-order valence-electron chi connectivity index (χ4n) is 3.11. The quantitative estimate of drug-likeness (QED) is 0.524. The van der Waals surface area contributed by atoms with Crippen LogP contribution in [0, 0.1) is 6.92 Å². The minimum Gasteiger partial charge on any atom is -0.481 e. The summed E-state index contributed by atoms with van der Waals surface area (Å²) < 4.78 is 0. The van der Waals surface area contributed by atoms with E-state index >= 15 is 0 Å². The van der Waals surface area contributed by atoms with Crippen molar-refractivity contribution in [2.75, 3.05) is 19.6 Å². The van der Waals surface area contributed by atoms with Crippen LogP contribution in [-0.4, -0.2) is 46.6 Å². The number of nitrogens with zero attached hydrogens (tertiary/aromatic N) is 3. The molecule has 26 heavy (non-hydrogen) atoms. The Bertz CT molecular complexity index is 574. The van der Waals surface area contributed by atoms with Crippen LogP contribution < -0.4 is 10.6 Å². The number of carboxylic acids is 1. The zero-order chi connectivity index (χ0) is 18.6. The standard InChI is InChI=1S/C19H31N5O2/c1-15-23-13-17(14-24-15)16(12-18(25)26)8-5-3-2-4-6-9-20-19-21-10-7-11-22-19/h13-14,16H,2-12H2,1H3,(H,25,26)(H2,20,21,22). The molecule has 7 nitrogen and oxygen atoms in total. The normalized spacial score (nSPS) is 15.0. The van der Waals surface area contributed by atoms with Gasteiger partial charge < -0.3 is 15.7 Å². The first kappa shape index (κ1) is 20.1. The van der Waals surface area contributed by atoms with E-state index in [1.165, 1.54) is 12.8 Å². The molecule has 0 fully saturated rings. The van der Waals surface area contributed by atoms with Crippen molar-refractivity contribution in [2.45, 2.75) is 64.2 Å². The topological polar surface area (TPSA) is 99.5 Å². The van der Waals surface area contributed by atoms with Crippen LogP contribution >= 0.6 is 0 Å². The molecular weight excluding hydrogens is 330 g/mol. The number of nitrogens with one attached hydrogen (secondary N) is 2. The molecule has 0 radical (unpaired) electrons. The Balaban J connectivity index is 1.59. The molecule has 3 N–H and O–H groups in total. The SMILES string of the molecule is Cc1ncc(C(CCCCCCCNC2=NCCCN2)CC(=O)O)cn1. The Kier molecular flexibility index (Phi) is 8.86. The molecule has 0 aromatic carbocycles. The minimum absolute atomic E-state index is 0.00477. The van der Waals surface area contributed by atoms with E-state index in [0.717, 1.165) is 63.3 Å². The molecule has 144 valence electrons. The summed E-state index contributed by atoms with van der Waals surface area (Å²) in [5, 5.41) is 15.7. The number of unbranched alkanes of at least 4 members (excludes halogenated alkanes) is 4. The van der Waals surface area contributed by atoms with Crippen LogP contribution in [0.15, 0.2) is 17.4 Å². The van der Waals surface area contributed by atoms with Gasteiger partial charge in [-0.25, -0.2) is 9.97 Å². The first-order valence-corrected chi connectivity index (χ1v) is 9.67. The summed E-state index contributed by atoms with van der Waals surface area (Å²) in [6, 6.07) is 0. The Hall–Kier alpha value is -2.18. The average Bonchev–Trinajstić information content (AvgIpc) is 2.64. The molecule has 0 saturated carbocycles. The van der Waals surface area contributed by atoms with Gasteiger partial charge in [0.15, 0.2) is 5.96 Å². The molecule has 2 heterocycles. The molecule has 0 saturated heterocycles. The number of aliphatic imine (C=N–C) groups is 1. The van der Waals surface area contributed by atoms with Crippen LogP contribution in [0.25, 0.3) is 0 Å². The van der Waals surface area contributed by atoms with Crippen LogP contribution in [0.3, 0.4) is 0 Å². The fourth-order valence-corrected chi connectivity index (χ4v) is 3.11. The third-order valence-electron chi connectivity index (χ3n) is 4.61. The summed E-state index contributed by atoms with van der Waals surface area (Å²) in [4.78, 5) is 23.9. The van der Waals surface area contributed by atoms with Crippen molar-refractivity contribution in [1.29, 1.82) is 0 Å². The highest BCUT2D eigenvalue weighted by Crippen LogP contribution is 2.25. The number of carboxylic acid groups (broad SMARTS) is 1. The minimum atomic E-state index is -0.763. The molecular formula is C19H31N5O2. The number of aliphatic carboxylic acids is 1. The maximum absolute atomic E-state index is 11.1. The lowest BCUT2D eigenvalue weighted by atomic mass is 9.92. The van der Waals surface area contributed by atoms with Gasteiger partial charge >= 0.3 is 5.97 Å². The summed E-state index contributed by atoms with van der Waals surface area (Å²) in [6.07, 6.45) is 11.3. The van der Waals surface area contributed by atoms with Gasteiger partial charge in [0.25, 0.3) is 0 Å². The van der Waals surface area contributed by atoms with Crippen molar-refractivity contribution < 1.29 is 9.90 Å². The molecule has 1 aliphatic rings. The molecule has 1 aromatic rings. The number of carbonyl (C=O) groups is 1. The van der Waals surface area contributed by atoms with Gasteiger partial charge in [-0.2, -0.15) is 0 Å². The third-order valence-corrected chi connectivity index (χ3v) is 4.61. The van der Waals surface area contributed by atoms with Gasteiger partial charge in [-0.15, -0.1) is 0 Å². The Labute approximate surface area is 155 Å². The Morgan fingerprint density at radius 1 is 1.23 bits per heavy atom. The Morgan fingerprint density at radius 3 is 2.65 bits per heavy atom. The van der Waals surface area contributed by atoms with Gasteiger partial charge in [0, 0.05) is 32.0 Å². The second kappa shape index (κ2) is 11.4. The molecule has 7 heteroatoms. The monoisotopic (exact) mass is 361 g/mol. The van der Waals surface area contributed by atoms with Crippen LogP contribution in [0.5, 0.6) is 0 Å². The number of hydrogen-bond donors (Lipinski definition) is 3. The van der Waals surface area contributed by atoms with E-state index in [0.29, 0.717) is 5.82 Å². The molecule has 0 aliphatic carbocycles. The highest BCUT2D eigenvalue weighted by atomic mass is 16.4. The van der Waals surface area contributed by atoms with E-state index in [1.807, 2.05) is 6.92 Å². The third kappa shape index (κ3) is 7.80. The lowest BCUT2D eigenvalue weighted by Crippen LogP contribution is -2.41. The summed E-state index contributed by atoms with van der Waals surface area (Å²) in [6.45, 7) is 4.71. The fraction of sp³-hybridized carbons (Fsp3) is 0.684. The molecule has 0 bridgehead atoms. The van der Waals surface area contributed by atoms with E-state index in [4.69, 9.17) is 5.11 Å². The number of aromatic nitrogens is 2. The van der Waals surface area contributed by atoms with E-state index in [-0.39, 0.29) is 12.3 Å². The molecule has 1 aliphatic heterocycles. The summed E-state index contributed by atoms with van der Waals surface area (Å²) in [5.41, 5.74) is 0.933. The molecule has 1 aromatic heterocycles. The highest BCUT2D eigenvalue weighted by Gasteiger charge is 2.16. The van der Waals surface area contributed by atoms with Crippen LogP contribution in [0.1, 0.15) is 68.7 Å². The largest absolute Gasteiger partial charge is 0.481 e. The second-order valence-electron chi connectivity index (χ2n) is 6.85. The van der Waals surface area contributed by atoms with Crippen molar-refractivity contribution >= 4 is 11.9 Å². The lowest BCUT2D eigenvalue weighted by Gasteiger charge is -2.16. The molecule has 2 rings (SSSR count). The summed E-state index contributed by atoms with van der Waals surface area (Å²) in [7, 11) is 0. The average molecular weight is 361 g/mol. The van der Waals surface area contributed by atoms with E-state index < -0.39 is 5.97 Å². The maximum atomic E-state index is 11.1.